The molecule has 0 bridgehead atoms. The zero-order chi connectivity index (χ0) is 11.8. The lowest BCUT2D eigenvalue weighted by molar-refractivity contribution is 0.924. The quantitative estimate of drug-likeness (QED) is 0.831. The molecule has 17 heavy (non-hydrogen) atoms. The fourth-order valence-corrected chi connectivity index (χ4v) is 2.29. The largest absolute Gasteiger partial charge is 0.343 e. The van der Waals surface area contributed by atoms with Crippen molar-refractivity contribution in [1.82, 2.24) is 9.97 Å². The van der Waals surface area contributed by atoms with Crippen molar-refractivity contribution < 1.29 is 0 Å². The zero-order valence-electron chi connectivity index (χ0n) is 9.11. The summed E-state index contributed by atoms with van der Waals surface area (Å²) in [5, 5.41) is 0. The maximum atomic E-state index is 5.22. The molecule has 0 radical (unpaired) electrons. The van der Waals surface area contributed by atoms with E-state index in [1.165, 1.54) is 12.8 Å². The van der Waals surface area contributed by atoms with Gasteiger partial charge in [-0.3, -0.25) is 0 Å². The van der Waals surface area contributed by atoms with Crippen LogP contribution in [0.5, 0.6) is 0 Å². The normalized spacial score (nSPS) is 14.9. The molecule has 1 aliphatic rings. The summed E-state index contributed by atoms with van der Waals surface area (Å²) in [5.74, 6) is 1.63. The molecule has 1 N–H and O–H groups in total. The molecule has 0 unspecified atom stereocenters. The van der Waals surface area contributed by atoms with Gasteiger partial charge in [0.05, 0.1) is 0 Å². The van der Waals surface area contributed by atoms with E-state index in [1.54, 1.807) is 0 Å². The summed E-state index contributed by atoms with van der Waals surface area (Å²) in [5.41, 5.74) is 2.20. The lowest BCUT2D eigenvalue weighted by Crippen LogP contribution is -1.95. The first kappa shape index (κ1) is 11.1. The van der Waals surface area contributed by atoms with E-state index in [9.17, 15) is 0 Å². The minimum absolute atomic E-state index is 0.590. The van der Waals surface area contributed by atoms with Crippen LogP contribution in [0.1, 0.15) is 24.6 Å². The predicted molar refractivity (Wildman–Crippen MR) is 74.5 cm³/mol. The highest BCUT2D eigenvalue weighted by atomic mass is 79.9. The summed E-state index contributed by atoms with van der Waals surface area (Å²) < 4.78 is 1.75. The van der Waals surface area contributed by atoms with Gasteiger partial charge >= 0.3 is 0 Å². The summed E-state index contributed by atoms with van der Waals surface area (Å²) >= 11 is 8.66. The number of H-pyrrole nitrogens is 1. The van der Waals surface area contributed by atoms with Gasteiger partial charge in [0.15, 0.2) is 0 Å². The number of hydrogen-bond donors (Lipinski definition) is 1. The molecule has 0 aliphatic heterocycles. The molecule has 0 saturated heterocycles. The monoisotopic (exact) mass is 306 g/mol. The highest BCUT2D eigenvalue weighted by molar-refractivity contribution is 9.10. The van der Waals surface area contributed by atoms with Crippen LogP contribution in [0.25, 0.3) is 11.3 Å². The van der Waals surface area contributed by atoms with Crippen LogP contribution in [0.3, 0.4) is 0 Å². The summed E-state index contributed by atoms with van der Waals surface area (Å²) in [7, 11) is 0. The molecule has 1 fully saturated rings. The van der Waals surface area contributed by atoms with E-state index in [0.717, 1.165) is 21.6 Å². The number of nitrogens with one attached hydrogen (secondary N) is 1. The Kier molecular flexibility index (Phi) is 2.84. The van der Waals surface area contributed by atoms with Crippen LogP contribution >= 0.6 is 28.1 Å². The minimum atomic E-state index is 0.590. The van der Waals surface area contributed by atoms with Crippen molar-refractivity contribution in [2.24, 2.45) is 0 Å². The van der Waals surface area contributed by atoms with Crippen molar-refractivity contribution in [3.63, 3.8) is 0 Å². The molecule has 0 atom stereocenters. The molecule has 3 rings (SSSR count). The van der Waals surface area contributed by atoms with Crippen molar-refractivity contribution in [3.05, 3.63) is 45.3 Å². The number of rotatable bonds is 2. The van der Waals surface area contributed by atoms with Gasteiger partial charge in [0.25, 0.3) is 0 Å². The van der Waals surface area contributed by atoms with Crippen LogP contribution in [0, 0.1) is 4.64 Å². The maximum absolute atomic E-state index is 5.22. The molecule has 1 heterocycles. The third-order valence-corrected chi connectivity index (χ3v) is 3.62. The Labute approximate surface area is 113 Å². The molecular weight excluding hydrogens is 296 g/mol. The third-order valence-electron chi connectivity index (χ3n) is 2.88. The van der Waals surface area contributed by atoms with Gasteiger partial charge < -0.3 is 4.98 Å². The number of nitrogens with zero attached hydrogens (tertiary/aromatic N) is 1. The van der Waals surface area contributed by atoms with Crippen LogP contribution in [-0.4, -0.2) is 9.97 Å². The van der Waals surface area contributed by atoms with Crippen molar-refractivity contribution in [1.29, 1.82) is 0 Å². The average Bonchev–Trinajstić information content (AvgIpc) is 3.13. The van der Waals surface area contributed by atoms with Gasteiger partial charge in [0, 0.05) is 16.1 Å². The zero-order valence-corrected chi connectivity index (χ0v) is 11.5. The summed E-state index contributed by atoms with van der Waals surface area (Å²) in [6.45, 7) is 0. The lowest BCUT2D eigenvalue weighted by atomic mass is 10.1. The van der Waals surface area contributed by atoms with Crippen LogP contribution in [0.2, 0.25) is 0 Å². The van der Waals surface area contributed by atoms with Gasteiger partial charge in [-0.25, -0.2) is 4.98 Å². The van der Waals surface area contributed by atoms with Gasteiger partial charge in [0.2, 0.25) is 0 Å². The molecular formula is C13H11BrN2S. The first-order valence-corrected chi connectivity index (χ1v) is 6.80. The second-order valence-electron chi connectivity index (χ2n) is 4.30. The molecule has 0 amide bonds. The van der Waals surface area contributed by atoms with E-state index in [0.29, 0.717) is 10.6 Å². The van der Waals surface area contributed by atoms with Gasteiger partial charge in [0.1, 0.15) is 10.5 Å². The van der Waals surface area contributed by atoms with Crippen molar-refractivity contribution in [3.8, 4) is 11.3 Å². The summed E-state index contributed by atoms with van der Waals surface area (Å²) in [6, 6.07) is 10.1. The maximum Gasteiger partial charge on any atom is 0.130 e. The lowest BCUT2D eigenvalue weighted by Gasteiger charge is -2.05. The van der Waals surface area contributed by atoms with Crippen LogP contribution in [0.15, 0.2) is 34.8 Å². The molecule has 2 nitrogen and oxygen atoms in total. The number of aromatic amines is 1. The topological polar surface area (TPSA) is 28.7 Å². The Morgan fingerprint density at radius 2 is 1.94 bits per heavy atom. The molecule has 1 aromatic carbocycles. The standard InChI is InChI=1S/C13H11BrN2S/c14-10-5-3-8(4-6-10)11-7-12(17)16-13(15-11)9-1-2-9/h3-7,9H,1-2H2,(H,15,16,17). The summed E-state index contributed by atoms with van der Waals surface area (Å²) in [4.78, 5) is 7.78. The molecule has 86 valence electrons. The molecule has 1 aromatic heterocycles. The first-order valence-electron chi connectivity index (χ1n) is 5.59. The molecule has 1 saturated carbocycles. The minimum Gasteiger partial charge on any atom is -0.343 e. The Morgan fingerprint density at radius 1 is 1.24 bits per heavy atom. The van der Waals surface area contributed by atoms with Crippen molar-refractivity contribution >= 4 is 28.1 Å². The first-order chi connectivity index (χ1) is 8.22. The van der Waals surface area contributed by atoms with Crippen LogP contribution < -0.4 is 0 Å². The average molecular weight is 307 g/mol. The van der Waals surface area contributed by atoms with Crippen molar-refractivity contribution in [2.45, 2.75) is 18.8 Å². The van der Waals surface area contributed by atoms with Gasteiger partial charge in [-0.2, -0.15) is 0 Å². The molecule has 0 spiro atoms. The number of halogens is 1. The number of aromatic nitrogens is 2. The SMILES string of the molecule is S=c1cc(-c2ccc(Br)cc2)[nH]c(C2CC2)n1. The number of hydrogen-bond acceptors (Lipinski definition) is 2. The predicted octanol–water partition coefficient (Wildman–Crippen LogP) is 4.45. The highest BCUT2D eigenvalue weighted by Gasteiger charge is 2.26. The van der Waals surface area contributed by atoms with Gasteiger partial charge in [-0.15, -0.1) is 0 Å². The second kappa shape index (κ2) is 4.35. The van der Waals surface area contributed by atoms with E-state index in [4.69, 9.17) is 12.2 Å². The van der Waals surface area contributed by atoms with E-state index >= 15 is 0 Å². The Bertz CT molecular complexity index is 600. The van der Waals surface area contributed by atoms with E-state index in [1.807, 2.05) is 18.2 Å². The Balaban J connectivity index is 2.07. The molecule has 4 heteroatoms. The molecule has 1 aliphatic carbocycles. The fourth-order valence-electron chi connectivity index (χ4n) is 1.81. The second-order valence-corrected chi connectivity index (χ2v) is 5.63. The van der Waals surface area contributed by atoms with E-state index < -0.39 is 0 Å². The van der Waals surface area contributed by atoms with E-state index in [-0.39, 0.29) is 0 Å². The Morgan fingerprint density at radius 3 is 2.59 bits per heavy atom. The van der Waals surface area contributed by atoms with Gasteiger partial charge in [-0.1, -0.05) is 40.3 Å². The highest BCUT2D eigenvalue weighted by Crippen LogP contribution is 2.38. The van der Waals surface area contributed by atoms with E-state index in [2.05, 4.69) is 38.0 Å². The van der Waals surface area contributed by atoms with Crippen molar-refractivity contribution in [2.75, 3.05) is 0 Å². The smallest absolute Gasteiger partial charge is 0.130 e. The summed E-state index contributed by atoms with van der Waals surface area (Å²) in [6.07, 6.45) is 2.45. The van der Waals surface area contributed by atoms with Gasteiger partial charge in [-0.05, 0) is 36.6 Å². The van der Waals surface area contributed by atoms with Crippen LogP contribution in [0.4, 0.5) is 0 Å². The number of benzene rings is 1. The third kappa shape index (κ3) is 2.48. The Hall–Kier alpha value is -1.00. The van der Waals surface area contributed by atoms with Crippen LogP contribution in [-0.2, 0) is 0 Å². The fraction of sp³-hybridized carbons (Fsp3) is 0.231. The molecule has 2 aromatic rings.